The van der Waals surface area contributed by atoms with E-state index in [-0.39, 0.29) is 0 Å². The first-order valence-corrected chi connectivity index (χ1v) is 8.38. The van der Waals surface area contributed by atoms with Crippen molar-refractivity contribution in [2.24, 2.45) is 22.7 Å². The molecule has 0 bridgehead atoms. The Morgan fingerprint density at radius 2 is 2.20 bits per heavy atom. The van der Waals surface area contributed by atoms with Crippen molar-refractivity contribution in [3.63, 3.8) is 0 Å². The van der Waals surface area contributed by atoms with Crippen LogP contribution in [0.1, 0.15) is 65.2 Å². The van der Waals surface area contributed by atoms with Gasteiger partial charge in [0.1, 0.15) is 0 Å². The Labute approximate surface area is 124 Å². The Balaban J connectivity index is 1.80. The van der Waals surface area contributed by atoms with Gasteiger partial charge in [-0.15, -0.1) is 6.58 Å². The van der Waals surface area contributed by atoms with Gasteiger partial charge in [0.25, 0.3) is 0 Å². The van der Waals surface area contributed by atoms with E-state index in [1.165, 1.54) is 50.5 Å². The summed E-state index contributed by atoms with van der Waals surface area (Å²) in [6.45, 7) is 12.6. The summed E-state index contributed by atoms with van der Waals surface area (Å²) in [5.41, 5.74) is 1.71. The van der Waals surface area contributed by atoms with Gasteiger partial charge in [0, 0.05) is 0 Å². The van der Waals surface area contributed by atoms with Gasteiger partial charge in [-0.1, -0.05) is 25.2 Å². The molecule has 5 atom stereocenters. The second-order valence-corrected chi connectivity index (χ2v) is 8.20. The summed E-state index contributed by atoms with van der Waals surface area (Å²) in [6, 6.07) is 0. The van der Waals surface area contributed by atoms with Gasteiger partial charge in [-0.3, -0.25) is 0 Å². The molecule has 1 heteroatoms. The van der Waals surface area contributed by atoms with Crippen molar-refractivity contribution in [1.29, 1.82) is 0 Å². The summed E-state index contributed by atoms with van der Waals surface area (Å²) >= 11 is 0. The lowest BCUT2D eigenvalue weighted by Crippen LogP contribution is -2.43. The Kier molecular flexibility index (Phi) is 3.21. The molecule has 0 aromatic rings. The number of hydrogen-bond donors (Lipinski definition) is 1. The molecule has 1 nitrogen and oxygen atoms in total. The van der Waals surface area contributed by atoms with Crippen LogP contribution in [0.2, 0.25) is 0 Å². The van der Waals surface area contributed by atoms with E-state index in [1.807, 2.05) is 6.92 Å². The predicted octanol–water partition coefficient (Wildman–Crippen LogP) is 4.87. The van der Waals surface area contributed by atoms with Gasteiger partial charge in [-0.05, 0) is 81.0 Å². The average molecular weight is 274 g/mol. The van der Waals surface area contributed by atoms with Gasteiger partial charge in [-0.2, -0.15) is 0 Å². The normalized spacial score (nSPS) is 46.0. The van der Waals surface area contributed by atoms with Crippen molar-refractivity contribution in [2.75, 3.05) is 0 Å². The van der Waals surface area contributed by atoms with Crippen LogP contribution in [0.4, 0.5) is 0 Å². The Morgan fingerprint density at radius 3 is 2.90 bits per heavy atom. The van der Waals surface area contributed by atoms with Crippen LogP contribution in [0.5, 0.6) is 0 Å². The minimum absolute atomic E-state index is 0.380. The van der Waals surface area contributed by atoms with Crippen LogP contribution in [-0.2, 0) is 0 Å². The van der Waals surface area contributed by atoms with Gasteiger partial charge < -0.3 is 5.11 Å². The van der Waals surface area contributed by atoms with E-state index < -0.39 is 5.60 Å². The van der Waals surface area contributed by atoms with Gasteiger partial charge >= 0.3 is 0 Å². The highest BCUT2D eigenvalue weighted by Gasteiger charge is 2.65. The van der Waals surface area contributed by atoms with Crippen molar-refractivity contribution < 1.29 is 5.11 Å². The molecule has 0 heterocycles. The quantitative estimate of drug-likeness (QED) is 0.725. The molecular formula is C19H30O. The fourth-order valence-corrected chi connectivity index (χ4v) is 5.40. The number of rotatable bonds is 4. The van der Waals surface area contributed by atoms with E-state index in [1.54, 1.807) is 6.08 Å². The number of fused-ring (bicyclic) bond motifs is 3. The number of aliphatic hydroxyl groups is 1. The van der Waals surface area contributed by atoms with Crippen LogP contribution in [-0.4, -0.2) is 10.7 Å². The molecular weight excluding hydrogens is 244 g/mol. The molecule has 0 amide bonds. The van der Waals surface area contributed by atoms with Crippen molar-refractivity contribution in [1.82, 2.24) is 0 Å². The minimum atomic E-state index is -0.693. The number of allylic oxidation sites excluding steroid dienone is 1. The van der Waals surface area contributed by atoms with E-state index in [9.17, 15) is 5.11 Å². The van der Waals surface area contributed by atoms with Crippen molar-refractivity contribution in [3.8, 4) is 0 Å². The SMILES string of the molecule is C=CC(C)(O)CC[C@@]12C[C@@H]1CC[C@@]1(C)C(=C)CCCC21. The summed E-state index contributed by atoms with van der Waals surface area (Å²) in [5, 5.41) is 10.3. The molecule has 0 aromatic carbocycles. The lowest BCUT2D eigenvalue weighted by Gasteiger charge is -2.51. The maximum Gasteiger partial charge on any atom is 0.0797 e. The van der Waals surface area contributed by atoms with E-state index in [4.69, 9.17) is 0 Å². The first-order chi connectivity index (χ1) is 9.34. The standard InChI is InChI=1S/C19H30O/c1-5-17(3,20)11-12-19-13-15(19)9-10-18(4)14(2)7-6-8-16(18)19/h5,15-16,20H,1-2,6-13H2,3-4H3/t15-,16?,17?,18-,19+/m0/s1. The summed E-state index contributed by atoms with van der Waals surface area (Å²) < 4.78 is 0. The zero-order valence-electron chi connectivity index (χ0n) is 13.3. The molecule has 3 aliphatic carbocycles. The lowest BCUT2D eigenvalue weighted by atomic mass is 9.53. The zero-order valence-corrected chi connectivity index (χ0v) is 13.3. The fourth-order valence-electron chi connectivity index (χ4n) is 5.40. The van der Waals surface area contributed by atoms with Crippen LogP contribution < -0.4 is 0 Å². The van der Waals surface area contributed by atoms with Crippen LogP contribution in [0.3, 0.4) is 0 Å². The first kappa shape index (κ1) is 14.4. The molecule has 0 spiro atoms. The molecule has 3 fully saturated rings. The third-order valence-corrected chi connectivity index (χ3v) is 7.07. The Bertz CT molecular complexity index is 435. The highest BCUT2D eigenvalue weighted by atomic mass is 16.3. The van der Waals surface area contributed by atoms with Gasteiger partial charge in [0.15, 0.2) is 0 Å². The second-order valence-electron chi connectivity index (χ2n) is 8.20. The van der Waals surface area contributed by atoms with Crippen molar-refractivity contribution in [2.45, 2.75) is 70.8 Å². The molecule has 2 unspecified atom stereocenters. The molecule has 0 aliphatic heterocycles. The Hall–Kier alpha value is -0.560. The summed E-state index contributed by atoms with van der Waals surface area (Å²) in [4.78, 5) is 0. The highest BCUT2D eigenvalue weighted by molar-refractivity contribution is 5.24. The van der Waals surface area contributed by atoms with Crippen molar-refractivity contribution in [3.05, 3.63) is 24.8 Å². The van der Waals surface area contributed by atoms with Crippen LogP contribution >= 0.6 is 0 Å². The zero-order chi connectivity index (χ0) is 14.6. The van der Waals surface area contributed by atoms with E-state index >= 15 is 0 Å². The molecule has 3 rings (SSSR count). The van der Waals surface area contributed by atoms with Gasteiger partial charge in [-0.25, -0.2) is 0 Å². The number of hydrogen-bond acceptors (Lipinski definition) is 1. The molecule has 20 heavy (non-hydrogen) atoms. The maximum atomic E-state index is 10.3. The first-order valence-electron chi connectivity index (χ1n) is 8.38. The minimum Gasteiger partial charge on any atom is -0.386 e. The molecule has 1 N–H and O–H groups in total. The van der Waals surface area contributed by atoms with Crippen LogP contribution in [0, 0.1) is 22.7 Å². The highest BCUT2D eigenvalue weighted by Crippen LogP contribution is 2.74. The molecule has 3 aliphatic rings. The van der Waals surface area contributed by atoms with Crippen LogP contribution in [0.25, 0.3) is 0 Å². The summed E-state index contributed by atoms with van der Waals surface area (Å²) in [5.74, 6) is 1.74. The monoisotopic (exact) mass is 274 g/mol. The molecule has 3 saturated carbocycles. The summed E-state index contributed by atoms with van der Waals surface area (Å²) in [6.07, 6.45) is 11.8. The third kappa shape index (κ3) is 2.01. The topological polar surface area (TPSA) is 20.2 Å². The average Bonchev–Trinajstić information content (AvgIpc) is 3.14. The van der Waals surface area contributed by atoms with E-state index in [0.717, 1.165) is 18.3 Å². The molecule has 112 valence electrons. The Morgan fingerprint density at radius 1 is 1.45 bits per heavy atom. The lowest BCUT2D eigenvalue weighted by molar-refractivity contribution is 0.0216. The van der Waals surface area contributed by atoms with Gasteiger partial charge in [0.05, 0.1) is 5.60 Å². The van der Waals surface area contributed by atoms with Crippen molar-refractivity contribution >= 4 is 0 Å². The van der Waals surface area contributed by atoms with E-state index in [2.05, 4.69) is 20.1 Å². The van der Waals surface area contributed by atoms with Crippen LogP contribution in [0.15, 0.2) is 24.8 Å². The van der Waals surface area contributed by atoms with Gasteiger partial charge in [0.2, 0.25) is 0 Å². The third-order valence-electron chi connectivity index (χ3n) is 7.07. The molecule has 0 aromatic heterocycles. The molecule has 0 saturated heterocycles. The molecule has 0 radical (unpaired) electrons. The maximum absolute atomic E-state index is 10.3. The second kappa shape index (κ2) is 4.47. The summed E-state index contributed by atoms with van der Waals surface area (Å²) in [7, 11) is 0. The largest absolute Gasteiger partial charge is 0.386 e. The smallest absolute Gasteiger partial charge is 0.0797 e. The van der Waals surface area contributed by atoms with E-state index in [0.29, 0.717) is 10.8 Å². The fraction of sp³-hybridized carbons (Fsp3) is 0.789. The predicted molar refractivity (Wildman–Crippen MR) is 84.4 cm³/mol.